The maximum atomic E-state index is 4.42. The lowest BCUT2D eigenvalue weighted by Crippen LogP contribution is -2.23. The van der Waals surface area contributed by atoms with Crippen LogP contribution in [0.15, 0.2) is 18.3 Å². The first-order chi connectivity index (χ1) is 7.25. The second-order valence-corrected chi connectivity index (χ2v) is 4.42. The third kappa shape index (κ3) is 2.69. The zero-order chi connectivity index (χ0) is 10.7. The molecule has 3 heteroatoms. The van der Waals surface area contributed by atoms with Gasteiger partial charge in [-0.05, 0) is 37.4 Å². The van der Waals surface area contributed by atoms with Crippen molar-refractivity contribution < 1.29 is 0 Å². The number of nitrogens with zero attached hydrogens (tertiary/aromatic N) is 2. The quantitative estimate of drug-likeness (QED) is 0.809. The fourth-order valence-electron chi connectivity index (χ4n) is 2.02. The van der Waals surface area contributed by atoms with E-state index in [1.165, 1.54) is 24.9 Å². The third-order valence-electron chi connectivity index (χ3n) is 2.91. The Kier molecular flexibility index (Phi) is 3.21. The first kappa shape index (κ1) is 10.4. The Morgan fingerprint density at radius 3 is 2.87 bits per heavy atom. The molecule has 15 heavy (non-hydrogen) atoms. The van der Waals surface area contributed by atoms with Crippen LogP contribution in [0.1, 0.15) is 18.4 Å². The number of aromatic nitrogens is 1. The number of rotatable bonds is 3. The Balaban J connectivity index is 1.97. The van der Waals surface area contributed by atoms with Crippen molar-refractivity contribution in [1.82, 2.24) is 10.3 Å². The monoisotopic (exact) mass is 205 g/mol. The van der Waals surface area contributed by atoms with Gasteiger partial charge >= 0.3 is 0 Å². The van der Waals surface area contributed by atoms with E-state index in [-0.39, 0.29) is 0 Å². The van der Waals surface area contributed by atoms with Gasteiger partial charge < -0.3 is 10.2 Å². The van der Waals surface area contributed by atoms with Crippen molar-refractivity contribution in [1.29, 1.82) is 0 Å². The molecule has 0 radical (unpaired) electrons. The molecular formula is C12H19N3. The molecule has 1 aliphatic heterocycles. The first-order valence-electron chi connectivity index (χ1n) is 5.61. The fraction of sp³-hybridized carbons (Fsp3) is 0.583. The molecular weight excluding hydrogens is 186 g/mol. The van der Waals surface area contributed by atoms with E-state index in [9.17, 15) is 0 Å². The van der Waals surface area contributed by atoms with E-state index < -0.39 is 0 Å². The summed E-state index contributed by atoms with van der Waals surface area (Å²) in [5.74, 6) is 1.03. The summed E-state index contributed by atoms with van der Waals surface area (Å²) >= 11 is 0. The van der Waals surface area contributed by atoms with E-state index in [1.54, 1.807) is 0 Å². The van der Waals surface area contributed by atoms with Crippen LogP contribution >= 0.6 is 0 Å². The lowest BCUT2D eigenvalue weighted by Gasteiger charge is -2.13. The van der Waals surface area contributed by atoms with E-state index in [0.29, 0.717) is 6.04 Å². The number of pyridine rings is 1. The number of nitrogens with one attached hydrogen (secondary N) is 1. The van der Waals surface area contributed by atoms with Gasteiger partial charge in [0, 0.05) is 26.3 Å². The van der Waals surface area contributed by atoms with Crippen LogP contribution < -0.4 is 10.2 Å². The van der Waals surface area contributed by atoms with E-state index >= 15 is 0 Å². The minimum Gasteiger partial charge on any atom is -0.363 e. The van der Waals surface area contributed by atoms with Crippen LogP contribution in [0.3, 0.4) is 0 Å². The SMILES string of the molecule is CN(C)c1ccc(CC2CCCN2)cn1. The Morgan fingerprint density at radius 2 is 2.33 bits per heavy atom. The molecule has 1 aliphatic rings. The fourth-order valence-corrected chi connectivity index (χ4v) is 2.02. The van der Waals surface area contributed by atoms with Gasteiger partial charge in [-0.1, -0.05) is 6.07 Å². The minimum atomic E-state index is 0.664. The number of hydrogen-bond acceptors (Lipinski definition) is 3. The van der Waals surface area contributed by atoms with Crippen molar-refractivity contribution in [3.8, 4) is 0 Å². The van der Waals surface area contributed by atoms with Crippen LogP contribution in [0.25, 0.3) is 0 Å². The van der Waals surface area contributed by atoms with Gasteiger partial charge in [0.05, 0.1) is 0 Å². The molecule has 1 aromatic rings. The van der Waals surface area contributed by atoms with Crippen LogP contribution in [0.4, 0.5) is 5.82 Å². The lowest BCUT2D eigenvalue weighted by atomic mass is 10.1. The van der Waals surface area contributed by atoms with Crippen LogP contribution in [-0.4, -0.2) is 31.7 Å². The number of hydrogen-bond donors (Lipinski definition) is 1. The summed E-state index contributed by atoms with van der Waals surface area (Å²) in [5, 5.41) is 3.50. The standard InChI is InChI=1S/C12H19N3/c1-15(2)12-6-5-10(9-14-12)8-11-4-3-7-13-11/h5-6,9,11,13H,3-4,7-8H2,1-2H3. The zero-order valence-electron chi connectivity index (χ0n) is 9.53. The molecule has 0 aromatic carbocycles. The molecule has 1 atom stereocenters. The van der Waals surface area contributed by atoms with Crippen molar-refractivity contribution in [3.05, 3.63) is 23.9 Å². The van der Waals surface area contributed by atoms with Crippen molar-refractivity contribution in [2.75, 3.05) is 25.5 Å². The van der Waals surface area contributed by atoms with E-state index in [1.807, 2.05) is 25.2 Å². The molecule has 82 valence electrons. The van der Waals surface area contributed by atoms with Crippen LogP contribution in [-0.2, 0) is 6.42 Å². The predicted molar refractivity (Wildman–Crippen MR) is 63.3 cm³/mol. The molecule has 0 bridgehead atoms. The molecule has 0 aliphatic carbocycles. The first-order valence-corrected chi connectivity index (χ1v) is 5.61. The average molecular weight is 205 g/mol. The van der Waals surface area contributed by atoms with Gasteiger partial charge in [-0.15, -0.1) is 0 Å². The summed E-state index contributed by atoms with van der Waals surface area (Å²) in [5.41, 5.74) is 1.33. The van der Waals surface area contributed by atoms with E-state index in [0.717, 1.165) is 12.2 Å². The summed E-state index contributed by atoms with van der Waals surface area (Å²) in [6, 6.07) is 4.93. The zero-order valence-corrected chi connectivity index (χ0v) is 9.53. The smallest absolute Gasteiger partial charge is 0.127 e. The Morgan fingerprint density at radius 1 is 1.47 bits per heavy atom. The van der Waals surface area contributed by atoms with Crippen molar-refractivity contribution in [2.24, 2.45) is 0 Å². The van der Waals surface area contributed by atoms with Crippen molar-refractivity contribution in [3.63, 3.8) is 0 Å². The number of anilines is 1. The molecule has 1 saturated heterocycles. The second-order valence-electron chi connectivity index (χ2n) is 4.42. The second kappa shape index (κ2) is 4.62. The normalized spacial score (nSPS) is 20.5. The highest BCUT2D eigenvalue weighted by molar-refractivity contribution is 5.37. The molecule has 1 fully saturated rings. The van der Waals surface area contributed by atoms with Gasteiger partial charge in [-0.25, -0.2) is 4.98 Å². The Bertz CT molecular complexity index is 299. The minimum absolute atomic E-state index is 0.664. The Hall–Kier alpha value is -1.09. The highest BCUT2D eigenvalue weighted by Crippen LogP contribution is 2.13. The molecule has 0 spiro atoms. The maximum Gasteiger partial charge on any atom is 0.127 e. The van der Waals surface area contributed by atoms with Gasteiger partial charge in [0.1, 0.15) is 5.82 Å². The van der Waals surface area contributed by atoms with Crippen molar-refractivity contribution >= 4 is 5.82 Å². The Labute approximate surface area is 91.5 Å². The molecule has 1 aromatic heterocycles. The van der Waals surface area contributed by atoms with Gasteiger partial charge in [-0.2, -0.15) is 0 Å². The molecule has 1 N–H and O–H groups in total. The van der Waals surface area contributed by atoms with Crippen LogP contribution in [0, 0.1) is 0 Å². The van der Waals surface area contributed by atoms with Gasteiger partial charge in [-0.3, -0.25) is 0 Å². The molecule has 2 heterocycles. The highest BCUT2D eigenvalue weighted by atomic mass is 15.1. The maximum absolute atomic E-state index is 4.42. The molecule has 2 rings (SSSR count). The van der Waals surface area contributed by atoms with Gasteiger partial charge in [0.15, 0.2) is 0 Å². The third-order valence-corrected chi connectivity index (χ3v) is 2.91. The highest BCUT2D eigenvalue weighted by Gasteiger charge is 2.14. The summed E-state index contributed by atoms with van der Waals surface area (Å²) in [4.78, 5) is 6.44. The lowest BCUT2D eigenvalue weighted by molar-refractivity contribution is 0.602. The molecule has 1 unspecified atom stereocenters. The molecule has 3 nitrogen and oxygen atoms in total. The summed E-state index contributed by atoms with van der Waals surface area (Å²) < 4.78 is 0. The van der Waals surface area contributed by atoms with E-state index in [2.05, 4.69) is 22.4 Å². The predicted octanol–water partition coefficient (Wildman–Crippen LogP) is 1.44. The van der Waals surface area contributed by atoms with Gasteiger partial charge in [0.25, 0.3) is 0 Å². The van der Waals surface area contributed by atoms with Crippen molar-refractivity contribution in [2.45, 2.75) is 25.3 Å². The average Bonchev–Trinajstić information content (AvgIpc) is 2.71. The largest absolute Gasteiger partial charge is 0.363 e. The van der Waals surface area contributed by atoms with Gasteiger partial charge in [0.2, 0.25) is 0 Å². The van der Waals surface area contributed by atoms with Crippen LogP contribution in [0.5, 0.6) is 0 Å². The molecule has 0 amide bonds. The van der Waals surface area contributed by atoms with E-state index in [4.69, 9.17) is 0 Å². The van der Waals surface area contributed by atoms with Crippen LogP contribution in [0.2, 0.25) is 0 Å². The summed E-state index contributed by atoms with van der Waals surface area (Å²) in [6.45, 7) is 1.17. The topological polar surface area (TPSA) is 28.2 Å². The molecule has 0 saturated carbocycles. The summed E-state index contributed by atoms with van der Waals surface area (Å²) in [7, 11) is 4.03. The summed E-state index contributed by atoms with van der Waals surface area (Å²) in [6.07, 6.45) is 5.72.